The number of carbonyl (C=O) groups excluding carboxylic acids is 2. The number of unbranched alkanes of at least 4 members (excludes halogenated alkanes) is 3. The van der Waals surface area contributed by atoms with E-state index in [4.69, 9.17) is 14.2 Å². The predicted octanol–water partition coefficient (Wildman–Crippen LogP) is 7.49. The highest BCUT2D eigenvalue weighted by Gasteiger charge is 2.26. The van der Waals surface area contributed by atoms with Gasteiger partial charge in [-0.05, 0) is 93.5 Å². The molecule has 0 bridgehead atoms. The predicted molar refractivity (Wildman–Crippen MR) is 142 cm³/mol. The third-order valence-electron chi connectivity index (χ3n) is 6.24. The highest BCUT2D eigenvalue weighted by atomic mass is 16.5. The van der Waals surface area contributed by atoms with Crippen LogP contribution in [0.2, 0.25) is 0 Å². The molecule has 0 saturated heterocycles. The lowest BCUT2D eigenvalue weighted by molar-refractivity contribution is -0.154. The number of hydrogen-bond acceptors (Lipinski definition) is 5. The van der Waals surface area contributed by atoms with Gasteiger partial charge >= 0.3 is 11.9 Å². The molecule has 0 radical (unpaired) electrons. The summed E-state index contributed by atoms with van der Waals surface area (Å²) in [5, 5.41) is 0. The molecule has 0 amide bonds. The van der Waals surface area contributed by atoms with Crippen molar-refractivity contribution < 1.29 is 23.8 Å². The van der Waals surface area contributed by atoms with Crippen LogP contribution in [0, 0.1) is 5.41 Å². The summed E-state index contributed by atoms with van der Waals surface area (Å²) in [6.07, 6.45) is 4.53. The monoisotopic (exact) mass is 488 g/mol. The first-order valence-electron chi connectivity index (χ1n) is 12.7. The van der Waals surface area contributed by atoms with Crippen LogP contribution >= 0.6 is 0 Å². The molecule has 3 aromatic carbocycles. The van der Waals surface area contributed by atoms with Crippen LogP contribution in [0.1, 0.15) is 63.2 Å². The minimum Gasteiger partial charge on any atom is -0.494 e. The van der Waals surface area contributed by atoms with Gasteiger partial charge in [-0.3, -0.25) is 4.79 Å². The average molecular weight is 489 g/mol. The van der Waals surface area contributed by atoms with Gasteiger partial charge in [-0.15, -0.1) is 0 Å². The van der Waals surface area contributed by atoms with Crippen LogP contribution in [0.5, 0.6) is 11.5 Å². The molecule has 0 aliphatic carbocycles. The number of hydrogen-bond donors (Lipinski definition) is 0. The molecule has 0 atom stereocenters. The van der Waals surface area contributed by atoms with Gasteiger partial charge in [0.05, 0.1) is 24.2 Å². The summed E-state index contributed by atoms with van der Waals surface area (Å²) in [5.41, 5.74) is 2.24. The van der Waals surface area contributed by atoms with Crippen LogP contribution in [-0.4, -0.2) is 25.2 Å². The number of carbonyl (C=O) groups is 2. The third kappa shape index (κ3) is 8.26. The number of ether oxygens (including phenoxy) is 3. The lowest BCUT2D eigenvalue weighted by atomic mass is 9.91. The molecule has 0 aromatic heterocycles. The van der Waals surface area contributed by atoms with Gasteiger partial charge in [-0.25, -0.2) is 4.79 Å². The Labute approximate surface area is 214 Å². The first kappa shape index (κ1) is 27.0. The molecule has 36 heavy (non-hydrogen) atoms. The van der Waals surface area contributed by atoms with Crippen LogP contribution in [0.3, 0.4) is 0 Å². The maximum atomic E-state index is 12.5. The second kappa shape index (κ2) is 13.5. The van der Waals surface area contributed by atoms with E-state index in [9.17, 15) is 9.59 Å². The van der Waals surface area contributed by atoms with Crippen LogP contribution in [0.15, 0.2) is 78.9 Å². The van der Waals surface area contributed by atoms with E-state index in [1.165, 1.54) is 0 Å². The molecule has 0 heterocycles. The fraction of sp³-hybridized carbons (Fsp3) is 0.355. The van der Waals surface area contributed by atoms with Gasteiger partial charge in [0.15, 0.2) is 0 Å². The Morgan fingerprint density at radius 2 is 1.28 bits per heavy atom. The Morgan fingerprint density at radius 3 is 1.92 bits per heavy atom. The third-order valence-corrected chi connectivity index (χ3v) is 6.24. The zero-order valence-corrected chi connectivity index (χ0v) is 21.5. The number of esters is 2. The largest absolute Gasteiger partial charge is 0.494 e. The average Bonchev–Trinajstić information content (AvgIpc) is 2.91. The fourth-order valence-electron chi connectivity index (χ4n) is 3.45. The van der Waals surface area contributed by atoms with Gasteiger partial charge in [0.2, 0.25) is 0 Å². The highest BCUT2D eigenvalue weighted by Crippen LogP contribution is 2.23. The molecule has 0 spiro atoms. The number of benzene rings is 3. The first-order chi connectivity index (χ1) is 17.4. The lowest BCUT2D eigenvalue weighted by Gasteiger charge is -2.20. The van der Waals surface area contributed by atoms with Crippen molar-refractivity contribution >= 4 is 11.9 Å². The van der Waals surface area contributed by atoms with Crippen molar-refractivity contribution in [2.45, 2.75) is 52.9 Å². The molecule has 0 N–H and O–H groups in total. The summed E-state index contributed by atoms with van der Waals surface area (Å²) >= 11 is 0. The molecule has 0 unspecified atom stereocenters. The van der Waals surface area contributed by atoms with Crippen LogP contribution < -0.4 is 9.47 Å². The topological polar surface area (TPSA) is 61.8 Å². The van der Waals surface area contributed by atoms with E-state index >= 15 is 0 Å². The maximum Gasteiger partial charge on any atom is 0.343 e. The van der Waals surface area contributed by atoms with Gasteiger partial charge in [0.25, 0.3) is 0 Å². The second-order valence-corrected chi connectivity index (χ2v) is 9.44. The zero-order chi connectivity index (χ0) is 25.8. The zero-order valence-electron chi connectivity index (χ0n) is 21.5. The quantitative estimate of drug-likeness (QED) is 0.142. The van der Waals surface area contributed by atoms with E-state index in [1.54, 1.807) is 36.4 Å². The molecule has 3 aromatic rings. The van der Waals surface area contributed by atoms with Crippen molar-refractivity contribution in [3.8, 4) is 22.6 Å². The Hall–Kier alpha value is -3.60. The molecule has 0 saturated carbocycles. The van der Waals surface area contributed by atoms with Crippen molar-refractivity contribution in [1.82, 2.24) is 0 Å². The summed E-state index contributed by atoms with van der Waals surface area (Å²) in [5.74, 6) is 0.692. The Balaban J connectivity index is 1.33. The molecule has 0 aliphatic heterocycles. The van der Waals surface area contributed by atoms with Crippen molar-refractivity contribution in [3.05, 3.63) is 84.4 Å². The van der Waals surface area contributed by atoms with Crippen LogP contribution in [0.25, 0.3) is 11.1 Å². The van der Waals surface area contributed by atoms with E-state index in [2.05, 4.69) is 0 Å². The minimum atomic E-state index is -0.408. The van der Waals surface area contributed by atoms with Crippen LogP contribution in [-0.2, 0) is 9.53 Å². The van der Waals surface area contributed by atoms with Gasteiger partial charge in [-0.2, -0.15) is 0 Å². The van der Waals surface area contributed by atoms with Gasteiger partial charge in [-0.1, -0.05) is 49.4 Å². The highest BCUT2D eigenvalue weighted by molar-refractivity contribution is 5.91. The summed E-state index contributed by atoms with van der Waals surface area (Å²) in [6.45, 7) is 6.88. The normalized spacial score (nSPS) is 11.1. The Kier molecular flexibility index (Phi) is 10.1. The number of rotatable bonds is 13. The molecule has 5 heteroatoms. The molecule has 0 aliphatic rings. The first-order valence-corrected chi connectivity index (χ1v) is 12.7. The molecular weight excluding hydrogens is 452 g/mol. The molecule has 190 valence electrons. The fourth-order valence-corrected chi connectivity index (χ4v) is 3.45. The standard InChI is InChI=1S/C31H36O5/c1-4-31(2,3)30(33)35-23-11-6-5-10-22-34-27-18-16-26(17-19-27)29(32)36-28-20-14-25(15-21-28)24-12-8-7-9-13-24/h7-9,12-21H,4-6,10-11,22-23H2,1-3H3. The van der Waals surface area contributed by atoms with Crippen molar-refractivity contribution in [2.75, 3.05) is 13.2 Å². The Bertz CT molecular complexity index is 1090. The lowest BCUT2D eigenvalue weighted by Crippen LogP contribution is -2.26. The van der Waals surface area contributed by atoms with Gasteiger partial charge in [0.1, 0.15) is 11.5 Å². The van der Waals surface area contributed by atoms with E-state index in [1.807, 2.05) is 63.2 Å². The summed E-state index contributed by atoms with van der Waals surface area (Å²) in [6, 6.07) is 24.5. The smallest absolute Gasteiger partial charge is 0.343 e. The van der Waals surface area contributed by atoms with Gasteiger partial charge in [0, 0.05) is 0 Å². The molecule has 5 nitrogen and oxygen atoms in total. The molecule has 0 fully saturated rings. The molecule has 3 rings (SSSR count). The van der Waals surface area contributed by atoms with Crippen molar-refractivity contribution in [3.63, 3.8) is 0 Å². The minimum absolute atomic E-state index is 0.123. The van der Waals surface area contributed by atoms with E-state index in [0.29, 0.717) is 24.5 Å². The van der Waals surface area contributed by atoms with E-state index in [0.717, 1.165) is 49.0 Å². The summed E-state index contributed by atoms with van der Waals surface area (Å²) in [4.78, 5) is 24.4. The van der Waals surface area contributed by atoms with Gasteiger partial charge < -0.3 is 14.2 Å². The summed E-state index contributed by atoms with van der Waals surface area (Å²) in [7, 11) is 0. The molecular formula is C31H36O5. The van der Waals surface area contributed by atoms with Crippen molar-refractivity contribution in [2.24, 2.45) is 5.41 Å². The maximum absolute atomic E-state index is 12.5. The second-order valence-electron chi connectivity index (χ2n) is 9.44. The summed E-state index contributed by atoms with van der Waals surface area (Å²) < 4.78 is 16.6. The Morgan fingerprint density at radius 1 is 0.694 bits per heavy atom. The SMILES string of the molecule is CCC(C)(C)C(=O)OCCCCCCOc1ccc(C(=O)Oc2ccc(-c3ccccc3)cc2)cc1. The van der Waals surface area contributed by atoms with E-state index in [-0.39, 0.29) is 5.97 Å². The van der Waals surface area contributed by atoms with Crippen LogP contribution in [0.4, 0.5) is 0 Å². The van der Waals surface area contributed by atoms with E-state index < -0.39 is 11.4 Å². The van der Waals surface area contributed by atoms with Crippen molar-refractivity contribution in [1.29, 1.82) is 0 Å².